The zero-order valence-corrected chi connectivity index (χ0v) is 17.9. The number of rotatable bonds is 8. The maximum absolute atomic E-state index is 12.5. The summed E-state index contributed by atoms with van der Waals surface area (Å²) in [5.41, 5.74) is 2.31. The summed E-state index contributed by atoms with van der Waals surface area (Å²) >= 11 is 0. The minimum absolute atomic E-state index is 0.191. The minimum Gasteiger partial charge on any atom is -0.489 e. The highest BCUT2D eigenvalue weighted by Gasteiger charge is 2.23. The van der Waals surface area contributed by atoms with Crippen molar-refractivity contribution in [2.45, 2.75) is 6.54 Å². The summed E-state index contributed by atoms with van der Waals surface area (Å²) in [6.07, 6.45) is 2.91. The molecule has 1 aliphatic heterocycles. The summed E-state index contributed by atoms with van der Waals surface area (Å²) in [5, 5.41) is 2.88. The Hall–Kier alpha value is -2.68. The number of piperazine rings is 1. The van der Waals surface area contributed by atoms with Gasteiger partial charge in [0, 0.05) is 50.0 Å². The van der Waals surface area contributed by atoms with Crippen molar-refractivity contribution in [2.24, 2.45) is 0 Å². The number of benzene rings is 2. The van der Waals surface area contributed by atoms with Crippen LogP contribution in [0, 0.1) is 0 Å². The highest BCUT2D eigenvalue weighted by molar-refractivity contribution is 7.88. The molecule has 0 aliphatic carbocycles. The third kappa shape index (κ3) is 6.16. The van der Waals surface area contributed by atoms with Gasteiger partial charge in [-0.15, -0.1) is 0 Å². The Labute approximate surface area is 178 Å². The van der Waals surface area contributed by atoms with Gasteiger partial charge in [-0.1, -0.05) is 30.9 Å². The smallest absolute Gasteiger partial charge is 0.255 e. The van der Waals surface area contributed by atoms with Gasteiger partial charge in [0.25, 0.3) is 5.91 Å². The molecule has 0 radical (unpaired) electrons. The number of nitrogens with zero attached hydrogens (tertiary/aromatic N) is 2. The Bertz CT molecular complexity index is 982. The van der Waals surface area contributed by atoms with Crippen molar-refractivity contribution >= 4 is 21.6 Å². The summed E-state index contributed by atoms with van der Waals surface area (Å²) in [4.78, 5) is 14.7. The molecule has 8 heteroatoms. The van der Waals surface area contributed by atoms with Crippen molar-refractivity contribution in [2.75, 3.05) is 44.4 Å². The van der Waals surface area contributed by atoms with Crippen molar-refractivity contribution < 1.29 is 17.9 Å². The van der Waals surface area contributed by atoms with E-state index < -0.39 is 10.0 Å². The molecule has 0 atom stereocenters. The summed E-state index contributed by atoms with van der Waals surface area (Å²) in [6.45, 7) is 7.15. The highest BCUT2D eigenvalue weighted by atomic mass is 32.2. The molecule has 1 N–H and O–H groups in total. The van der Waals surface area contributed by atoms with Gasteiger partial charge in [-0.25, -0.2) is 8.42 Å². The Morgan fingerprint density at radius 2 is 1.83 bits per heavy atom. The predicted molar refractivity (Wildman–Crippen MR) is 118 cm³/mol. The van der Waals surface area contributed by atoms with E-state index in [2.05, 4.69) is 16.8 Å². The van der Waals surface area contributed by atoms with Crippen LogP contribution in [0.5, 0.6) is 5.75 Å². The number of hydrogen-bond acceptors (Lipinski definition) is 5. The van der Waals surface area contributed by atoms with Gasteiger partial charge < -0.3 is 10.1 Å². The lowest BCUT2D eigenvalue weighted by atomic mass is 10.1. The topological polar surface area (TPSA) is 79.0 Å². The molecule has 30 heavy (non-hydrogen) atoms. The molecule has 1 fully saturated rings. The lowest BCUT2D eigenvalue weighted by Gasteiger charge is -2.33. The average Bonchev–Trinajstić information content (AvgIpc) is 2.73. The van der Waals surface area contributed by atoms with Crippen molar-refractivity contribution in [1.82, 2.24) is 9.21 Å². The second-order valence-corrected chi connectivity index (χ2v) is 9.20. The Morgan fingerprint density at radius 1 is 1.13 bits per heavy atom. The van der Waals surface area contributed by atoms with Crippen LogP contribution >= 0.6 is 0 Å². The van der Waals surface area contributed by atoms with Crippen LogP contribution in [0.4, 0.5) is 5.69 Å². The van der Waals surface area contributed by atoms with Gasteiger partial charge in [0.15, 0.2) is 0 Å². The van der Waals surface area contributed by atoms with Crippen LogP contribution < -0.4 is 10.1 Å². The quantitative estimate of drug-likeness (QED) is 0.653. The summed E-state index contributed by atoms with van der Waals surface area (Å²) in [6, 6.07) is 14.7. The molecule has 2 aromatic carbocycles. The van der Waals surface area contributed by atoms with Crippen molar-refractivity contribution in [1.29, 1.82) is 0 Å². The molecule has 0 unspecified atom stereocenters. The molecule has 160 valence electrons. The number of ether oxygens (including phenoxy) is 1. The molecule has 3 rings (SSSR count). The number of sulfonamides is 1. The first-order chi connectivity index (χ1) is 14.3. The van der Waals surface area contributed by atoms with Gasteiger partial charge in [0.2, 0.25) is 10.0 Å². The molecule has 1 amide bonds. The minimum atomic E-state index is -3.12. The van der Waals surface area contributed by atoms with Crippen LogP contribution in [0.15, 0.2) is 61.2 Å². The molecule has 1 heterocycles. The van der Waals surface area contributed by atoms with Gasteiger partial charge in [-0.3, -0.25) is 9.69 Å². The zero-order chi connectivity index (χ0) is 21.6. The second-order valence-electron chi connectivity index (χ2n) is 7.22. The number of carbonyl (C=O) groups is 1. The second kappa shape index (κ2) is 9.88. The van der Waals surface area contributed by atoms with Crippen molar-refractivity contribution in [3.63, 3.8) is 0 Å². The van der Waals surface area contributed by atoms with Crippen LogP contribution in [-0.4, -0.2) is 62.6 Å². The van der Waals surface area contributed by atoms with Crippen molar-refractivity contribution in [3.05, 3.63) is 72.3 Å². The van der Waals surface area contributed by atoms with Gasteiger partial charge in [-0.2, -0.15) is 4.31 Å². The molecular formula is C22H27N3O4S. The zero-order valence-electron chi connectivity index (χ0n) is 17.1. The average molecular weight is 430 g/mol. The van der Waals surface area contributed by atoms with Crippen LogP contribution in [0.25, 0.3) is 0 Å². The summed E-state index contributed by atoms with van der Waals surface area (Å²) < 4.78 is 30.2. The third-order valence-electron chi connectivity index (χ3n) is 4.88. The van der Waals surface area contributed by atoms with Crippen LogP contribution in [0.2, 0.25) is 0 Å². The van der Waals surface area contributed by atoms with Crippen LogP contribution in [-0.2, 0) is 16.6 Å². The molecule has 2 aromatic rings. The molecule has 1 aliphatic rings. The normalized spacial score (nSPS) is 15.5. The van der Waals surface area contributed by atoms with Gasteiger partial charge in [0.1, 0.15) is 12.4 Å². The number of nitrogens with one attached hydrogen (secondary N) is 1. The van der Waals surface area contributed by atoms with E-state index in [1.54, 1.807) is 24.3 Å². The monoisotopic (exact) mass is 429 g/mol. The van der Waals surface area contributed by atoms with E-state index in [-0.39, 0.29) is 5.91 Å². The number of carbonyl (C=O) groups excluding carboxylic acids is 1. The van der Waals surface area contributed by atoms with E-state index in [1.165, 1.54) is 10.6 Å². The van der Waals surface area contributed by atoms with E-state index in [0.29, 0.717) is 49.8 Å². The number of hydrogen-bond donors (Lipinski definition) is 1. The highest BCUT2D eigenvalue weighted by Crippen LogP contribution is 2.19. The molecular weight excluding hydrogens is 402 g/mol. The first-order valence-corrected chi connectivity index (χ1v) is 11.6. The summed E-state index contributed by atoms with van der Waals surface area (Å²) in [5.74, 6) is 0.475. The van der Waals surface area contributed by atoms with Crippen molar-refractivity contribution in [3.8, 4) is 5.75 Å². The molecule has 0 saturated carbocycles. The largest absolute Gasteiger partial charge is 0.489 e. The van der Waals surface area contributed by atoms with Crippen LogP contribution in [0.1, 0.15) is 15.9 Å². The first-order valence-electron chi connectivity index (χ1n) is 9.77. The Morgan fingerprint density at radius 3 is 2.47 bits per heavy atom. The van der Waals surface area contributed by atoms with E-state index in [9.17, 15) is 13.2 Å². The Balaban J connectivity index is 1.54. The van der Waals surface area contributed by atoms with E-state index >= 15 is 0 Å². The molecule has 7 nitrogen and oxygen atoms in total. The lowest BCUT2D eigenvalue weighted by molar-refractivity contribution is 0.102. The van der Waals surface area contributed by atoms with Crippen LogP contribution in [0.3, 0.4) is 0 Å². The van der Waals surface area contributed by atoms with Gasteiger partial charge >= 0.3 is 0 Å². The van der Waals surface area contributed by atoms with E-state index in [4.69, 9.17) is 4.74 Å². The fraction of sp³-hybridized carbons (Fsp3) is 0.318. The fourth-order valence-electron chi connectivity index (χ4n) is 3.26. The molecule has 0 aromatic heterocycles. The standard InChI is InChI=1S/C22H27N3O4S/c1-3-15-29-21-6-4-5-20(16-21)23-22(26)19-9-7-18(8-10-19)17-24-11-13-25(14-12-24)30(2,27)28/h3-10,16H,1,11-15,17H2,2H3,(H,23,26). The maximum Gasteiger partial charge on any atom is 0.255 e. The lowest BCUT2D eigenvalue weighted by Crippen LogP contribution is -2.47. The van der Waals surface area contributed by atoms with E-state index in [0.717, 1.165) is 12.1 Å². The van der Waals surface area contributed by atoms with Gasteiger partial charge in [0.05, 0.1) is 6.26 Å². The van der Waals surface area contributed by atoms with Gasteiger partial charge in [-0.05, 0) is 29.8 Å². The molecule has 1 saturated heterocycles. The first kappa shape index (κ1) is 22.0. The third-order valence-corrected chi connectivity index (χ3v) is 6.19. The summed E-state index contributed by atoms with van der Waals surface area (Å²) in [7, 11) is -3.12. The maximum atomic E-state index is 12.5. The fourth-order valence-corrected chi connectivity index (χ4v) is 4.09. The number of amides is 1. The SMILES string of the molecule is C=CCOc1cccc(NC(=O)c2ccc(CN3CCN(S(C)(=O)=O)CC3)cc2)c1. The Kier molecular flexibility index (Phi) is 7.25. The molecule has 0 spiro atoms. The number of anilines is 1. The predicted octanol–water partition coefficient (Wildman–Crippen LogP) is 2.58. The molecule has 0 bridgehead atoms. The van der Waals surface area contributed by atoms with E-state index in [1.807, 2.05) is 30.3 Å².